The lowest BCUT2D eigenvalue weighted by Crippen LogP contribution is -2.37. The van der Waals surface area contributed by atoms with Crippen molar-refractivity contribution in [3.05, 3.63) is 0 Å². The molecule has 0 bridgehead atoms. The summed E-state index contributed by atoms with van der Waals surface area (Å²) in [5.74, 6) is 3.46. The van der Waals surface area contributed by atoms with Crippen molar-refractivity contribution in [2.45, 2.75) is 19.4 Å². The summed E-state index contributed by atoms with van der Waals surface area (Å²) in [6, 6.07) is 0.569. The second kappa shape index (κ2) is 5.84. The first-order valence-corrected chi connectivity index (χ1v) is 5.86. The highest BCUT2D eigenvalue weighted by molar-refractivity contribution is 7.99. The Balaban J connectivity index is 2.22. The maximum absolute atomic E-state index is 5.43. The minimum absolute atomic E-state index is 0.569. The summed E-state index contributed by atoms with van der Waals surface area (Å²) in [5, 5.41) is 3.34. The highest BCUT2D eigenvalue weighted by atomic mass is 32.2. The molecule has 1 saturated heterocycles. The molecule has 2 unspecified atom stereocenters. The summed E-state index contributed by atoms with van der Waals surface area (Å²) in [6.07, 6.45) is 1.35. The number of nitrogens with one attached hydrogen (secondary N) is 1. The molecular weight excluding hydrogens is 170 g/mol. The van der Waals surface area contributed by atoms with Crippen LogP contribution < -0.4 is 5.32 Å². The number of ether oxygens (including phenoxy) is 1. The standard InChI is InChI=1S/C9H19NOS/c1-3-11-6-9(10-2)8-4-5-12-7-8/h8-10H,3-7H2,1-2H3. The van der Waals surface area contributed by atoms with Crippen LogP contribution in [0.3, 0.4) is 0 Å². The second-order valence-electron chi connectivity index (χ2n) is 3.18. The predicted molar refractivity (Wildman–Crippen MR) is 54.8 cm³/mol. The summed E-state index contributed by atoms with van der Waals surface area (Å²) in [4.78, 5) is 0. The zero-order chi connectivity index (χ0) is 8.81. The van der Waals surface area contributed by atoms with Gasteiger partial charge in [-0.25, -0.2) is 0 Å². The molecule has 1 rings (SSSR count). The summed E-state index contributed by atoms with van der Waals surface area (Å²) >= 11 is 2.06. The average molecular weight is 189 g/mol. The van der Waals surface area contributed by atoms with Crippen LogP contribution >= 0.6 is 11.8 Å². The van der Waals surface area contributed by atoms with E-state index in [1.165, 1.54) is 17.9 Å². The number of likely N-dealkylation sites (N-methyl/N-ethyl adjacent to an activating group) is 1. The van der Waals surface area contributed by atoms with Crippen LogP contribution in [0, 0.1) is 5.92 Å². The normalized spacial score (nSPS) is 26.0. The fourth-order valence-electron chi connectivity index (χ4n) is 1.57. The zero-order valence-electron chi connectivity index (χ0n) is 8.01. The van der Waals surface area contributed by atoms with Gasteiger partial charge in [-0.3, -0.25) is 0 Å². The SMILES string of the molecule is CCOCC(NC)C1CCSC1. The molecular formula is C9H19NOS. The van der Waals surface area contributed by atoms with E-state index in [4.69, 9.17) is 4.74 Å². The molecule has 0 aromatic carbocycles. The topological polar surface area (TPSA) is 21.3 Å². The molecule has 0 saturated carbocycles. The number of hydrogen-bond donors (Lipinski definition) is 1. The minimum atomic E-state index is 0.569. The summed E-state index contributed by atoms with van der Waals surface area (Å²) < 4.78 is 5.43. The third kappa shape index (κ3) is 2.96. The molecule has 0 spiro atoms. The van der Waals surface area contributed by atoms with Crippen LogP contribution in [-0.4, -0.2) is 37.8 Å². The van der Waals surface area contributed by atoms with Gasteiger partial charge < -0.3 is 10.1 Å². The van der Waals surface area contributed by atoms with E-state index >= 15 is 0 Å². The third-order valence-electron chi connectivity index (χ3n) is 2.41. The van der Waals surface area contributed by atoms with Gasteiger partial charge in [-0.1, -0.05) is 0 Å². The van der Waals surface area contributed by atoms with Crippen LogP contribution in [0.1, 0.15) is 13.3 Å². The number of rotatable bonds is 5. The van der Waals surface area contributed by atoms with Gasteiger partial charge in [0, 0.05) is 12.6 Å². The fraction of sp³-hybridized carbons (Fsp3) is 1.00. The maximum Gasteiger partial charge on any atom is 0.0622 e. The van der Waals surface area contributed by atoms with Gasteiger partial charge >= 0.3 is 0 Å². The molecule has 0 aromatic rings. The Hall–Kier alpha value is 0.270. The van der Waals surface area contributed by atoms with Gasteiger partial charge in [0.1, 0.15) is 0 Å². The Labute approximate surface area is 79.4 Å². The van der Waals surface area contributed by atoms with Crippen molar-refractivity contribution in [2.24, 2.45) is 5.92 Å². The van der Waals surface area contributed by atoms with E-state index in [1.54, 1.807) is 0 Å². The first-order chi connectivity index (χ1) is 5.88. The first kappa shape index (κ1) is 10.4. The molecule has 0 aliphatic carbocycles. The molecule has 0 amide bonds. The molecule has 2 atom stereocenters. The van der Waals surface area contributed by atoms with E-state index in [-0.39, 0.29) is 0 Å². The Morgan fingerprint density at radius 3 is 3.00 bits per heavy atom. The molecule has 12 heavy (non-hydrogen) atoms. The second-order valence-corrected chi connectivity index (χ2v) is 4.33. The molecule has 1 fully saturated rings. The molecule has 2 nitrogen and oxygen atoms in total. The number of hydrogen-bond acceptors (Lipinski definition) is 3. The van der Waals surface area contributed by atoms with Gasteiger partial charge in [0.2, 0.25) is 0 Å². The summed E-state index contributed by atoms with van der Waals surface area (Å²) in [6.45, 7) is 3.76. The largest absolute Gasteiger partial charge is 0.380 e. The minimum Gasteiger partial charge on any atom is -0.380 e. The van der Waals surface area contributed by atoms with E-state index in [9.17, 15) is 0 Å². The fourth-order valence-corrected chi connectivity index (χ4v) is 2.91. The molecule has 1 N–H and O–H groups in total. The highest BCUT2D eigenvalue weighted by Crippen LogP contribution is 2.26. The van der Waals surface area contributed by atoms with Gasteiger partial charge in [0.05, 0.1) is 6.61 Å². The lowest BCUT2D eigenvalue weighted by atomic mass is 10.0. The lowest BCUT2D eigenvalue weighted by molar-refractivity contribution is 0.109. The number of thioether (sulfide) groups is 1. The van der Waals surface area contributed by atoms with Crippen LogP contribution in [0.2, 0.25) is 0 Å². The molecule has 0 aromatic heterocycles. The van der Waals surface area contributed by atoms with E-state index in [0.29, 0.717) is 6.04 Å². The van der Waals surface area contributed by atoms with Crippen LogP contribution in [0.25, 0.3) is 0 Å². The predicted octanol–water partition coefficient (Wildman–Crippen LogP) is 1.36. The molecule has 1 aliphatic heterocycles. The van der Waals surface area contributed by atoms with Crippen molar-refractivity contribution >= 4 is 11.8 Å². The molecule has 0 radical (unpaired) electrons. The average Bonchev–Trinajstić information content (AvgIpc) is 2.59. The maximum atomic E-state index is 5.43. The summed E-state index contributed by atoms with van der Waals surface area (Å²) in [5.41, 5.74) is 0. The highest BCUT2D eigenvalue weighted by Gasteiger charge is 2.23. The van der Waals surface area contributed by atoms with Gasteiger partial charge in [-0.2, -0.15) is 11.8 Å². The van der Waals surface area contributed by atoms with Crippen LogP contribution in [0.5, 0.6) is 0 Å². The Kier molecular flexibility index (Phi) is 5.04. The van der Waals surface area contributed by atoms with Crippen molar-refractivity contribution in [1.82, 2.24) is 5.32 Å². The van der Waals surface area contributed by atoms with Gasteiger partial charge in [-0.15, -0.1) is 0 Å². The van der Waals surface area contributed by atoms with Gasteiger partial charge in [-0.05, 0) is 37.8 Å². The van der Waals surface area contributed by atoms with E-state index in [0.717, 1.165) is 19.1 Å². The third-order valence-corrected chi connectivity index (χ3v) is 3.59. The van der Waals surface area contributed by atoms with Gasteiger partial charge in [0.15, 0.2) is 0 Å². The zero-order valence-corrected chi connectivity index (χ0v) is 8.82. The quantitative estimate of drug-likeness (QED) is 0.705. The van der Waals surface area contributed by atoms with E-state index in [1.807, 2.05) is 7.05 Å². The van der Waals surface area contributed by atoms with E-state index in [2.05, 4.69) is 24.0 Å². The van der Waals surface area contributed by atoms with Crippen molar-refractivity contribution in [3.63, 3.8) is 0 Å². The van der Waals surface area contributed by atoms with Crippen LogP contribution in [-0.2, 0) is 4.74 Å². The Morgan fingerprint density at radius 1 is 1.67 bits per heavy atom. The Morgan fingerprint density at radius 2 is 2.50 bits per heavy atom. The first-order valence-electron chi connectivity index (χ1n) is 4.71. The van der Waals surface area contributed by atoms with Crippen molar-refractivity contribution < 1.29 is 4.74 Å². The molecule has 3 heteroatoms. The Bertz CT molecular complexity index is 115. The van der Waals surface area contributed by atoms with Crippen molar-refractivity contribution in [3.8, 4) is 0 Å². The van der Waals surface area contributed by atoms with Crippen molar-refractivity contribution in [1.29, 1.82) is 0 Å². The monoisotopic (exact) mass is 189 g/mol. The molecule has 1 aliphatic rings. The van der Waals surface area contributed by atoms with E-state index < -0.39 is 0 Å². The summed E-state index contributed by atoms with van der Waals surface area (Å²) in [7, 11) is 2.03. The van der Waals surface area contributed by atoms with Gasteiger partial charge in [0.25, 0.3) is 0 Å². The lowest BCUT2D eigenvalue weighted by Gasteiger charge is -2.21. The van der Waals surface area contributed by atoms with Crippen molar-refractivity contribution in [2.75, 3.05) is 31.8 Å². The van der Waals surface area contributed by atoms with Crippen LogP contribution in [0.15, 0.2) is 0 Å². The molecule has 1 heterocycles. The smallest absolute Gasteiger partial charge is 0.0622 e. The molecule has 72 valence electrons. The van der Waals surface area contributed by atoms with Crippen LogP contribution in [0.4, 0.5) is 0 Å².